The quantitative estimate of drug-likeness (QED) is 0.922. The van der Waals surface area contributed by atoms with Gasteiger partial charge in [0.05, 0.1) is 11.7 Å². The van der Waals surface area contributed by atoms with Crippen molar-refractivity contribution < 1.29 is 0 Å². The Balaban J connectivity index is 1.61. The summed E-state index contributed by atoms with van der Waals surface area (Å²) in [5, 5.41) is 4.76. The van der Waals surface area contributed by atoms with Crippen LogP contribution in [0.5, 0.6) is 0 Å². The number of nitrogens with zero attached hydrogens (tertiary/aromatic N) is 2. The van der Waals surface area contributed by atoms with Crippen LogP contribution in [0.15, 0.2) is 11.1 Å². The fraction of sp³-hybridized carbons (Fsp3) is 0.684. The third-order valence-electron chi connectivity index (χ3n) is 5.42. The summed E-state index contributed by atoms with van der Waals surface area (Å²) >= 11 is 1.74. The van der Waals surface area contributed by atoms with Crippen molar-refractivity contribution in [3.05, 3.63) is 27.1 Å². The lowest BCUT2D eigenvalue weighted by molar-refractivity contribution is 0.399. The summed E-state index contributed by atoms with van der Waals surface area (Å²) in [5.41, 5.74) is 1.45. The van der Waals surface area contributed by atoms with Crippen LogP contribution < -0.4 is 10.9 Å². The number of aromatic nitrogens is 2. The van der Waals surface area contributed by atoms with Gasteiger partial charge in [-0.05, 0) is 43.6 Å². The van der Waals surface area contributed by atoms with Crippen LogP contribution in [0.3, 0.4) is 0 Å². The van der Waals surface area contributed by atoms with E-state index in [9.17, 15) is 4.79 Å². The second-order valence-electron chi connectivity index (χ2n) is 7.87. The molecule has 0 saturated heterocycles. The van der Waals surface area contributed by atoms with E-state index in [-0.39, 0.29) is 5.56 Å². The standard InChI is InChI=1S/C19H27N3OS/c1-12(2)10-22-11-20-18-17(19(22)23)15-8-7-14(9-16(15)24-18)21-13-5-3-4-6-13/h11-14,21H,3-10H2,1-2H3. The lowest BCUT2D eigenvalue weighted by Crippen LogP contribution is -2.40. The minimum absolute atomic E-state index is 0.161. The van der Waals surface area contributed by atoms with Crippen LogP contribution >= 0.6 is 11.3 Å². The van der Waals surface area contributed by atoms with Gasteiger partial charge in [0.25, 0.3) is 5.56 Å². The smallest absolute Gasteiger partial charge is 0.262 e. The number of nitrogens with one attached hydrogen (secondary N) is 1. The van der Waals surface area contributed by atoms with Gasteiger partial charge < -0.3 is 5.32 Å². The maximum absolute atomic E-state index is 12.9. The van der Waals surface area contributed by atoms with Gasteiger partial charge >= 0.3 is 0 Å². The summed E-state index contributed by atoms with van der Waals surface area (Å²) in [4.78, 5) is 19.8. The Bertz CT molecular complexity index is 786. The number of thiophene rings is 1. The van der Waals surface area contributed by atoms with E-state index < -0.39 is 0 Å². The molecule has 0 amide bonds. The maximum atomic E-state index is 12.9. The second kappa shape index (κ2) is 6.60. The van der Waals surface area contributed by atoms with E-state index in [2.05, 4.69) is 24.1 Å². The molecule has 2 aromatic rings. The minimum Gasteiger partial charge on any atom is -0.311 e. The molecule has 2 heterocycles. The van der Waals surface area contributed by atoms with E-state index >= 15 is 0 Å². The molecule has 1 fully saturated rings. The monoisotopic (exact) mass is 345 g/mol. The molecule has 1 atom stereocenters. The normalized spacial score (nSPS) is 21.7. The fourth-order valence-corrected chi connectivity index (χ4v) is 5.55. The molecule has 2 aromatic heterocycles. The molecule has 2 aliphatic rings. The predicted octanol–water partition coefficient (Wildman–Crippen LogP) is 3.50. The van der Waals surface area contributed by atoms with Crippen molar-refractivity contribution >= 4 is 21.6 Å². The molecular weight excluding hydrogens is 318 g/mol. The van der Waals surface area contributed by atoms with Crippen molar-refractivity contribution in [1.82, 2.24) is 14.9 Å². The summed E-state index contributed by atoms with van der Waals surface area (Å²) in [6.07, 6.45) is 10.4. The highest BCUT2D eigenvalue weighted by Crippen LogP contribution is 2.34. The van der Waals surface area contributed by atoms with E-state index in [0.717, 1.165) is 36.0 Å². The average molecular weight is 346 g/mol. The third-order valence-corrected chi connectivity index (χ3v) is 6.59. The number of rotatable bonds is 4. The van der Waals surface area contributed by atoms with Crippen LogP contribution in [0, 0.1) is 5.92 Å². The Morgan fingerprint density at radius 3 is 2.83 bits per heavy atom. The van der Waals surface area contributed by atoms with Crippen LogP contribution in [0.25, 0.3) is 10.2 Å². The van der Waals surface area contributed by atoms with Crippen molar-refractivity contribution in [3.63, 3.8) is 0 Å². The van der Waals surface area contributed by atoms with Crippen LogP contribution in [0.4, 0.5) is 0 Å². The molecule has 130 valence electrons. The van der Waals surface area contributed by atoms with E-state index in [4.69, 9.17) is 0 Å². The van der Waals surface area contributed by atoms with E-state index in [1.54, 1.807) is 22.2 Å². The van der Waals surface area contributed by atoms with Crippen LogP contribution in [0.2, 0.25) is 0 Å². The van der Waals surface area contributed by atoms with Crippen molar-refractivity contribution in [2.24, 2.45) is 5.92 Å². The van der Waals surface area contributed by atoms with Gasteiger partial charge in [-0.2, -0.15) is 0 Å². The molecule has 4 rings (SSSR count). The first-order chi connectivity index (χ1) is 11.6. The Labute approximate surface area is 147 Å². The molecular formula is C19H27N3OS. The van der Waals surface area contributed by atoms with Gasteiger partial charge in [0.2, 0.25) is 0 Å². The number of aryl methyl sites for hydroxylation is 1. The first-order valence-corrected chi connectivity index (χ1v) is 10.2. The molecule has 0 bridgehead atoms. The molecule has 0 aliphatic heterocycles. The fourth-order valence-electron chi connectivity index (χ4n) is 4.29. The summed E-state index contributed by atoms with van der Waals surface area (Å²) < 4.78 is 1.79. The molecule has 2 aliphatic carbocycles. The zero-order valence-corrected chi connectivity index (χ0v) is 15.5. The van der Waals surface area contributed by atoms with E-state index in [0.29, 0.717) is 18.0 Å². The first-order valence-electron chi connectivity index (χ1n) is 9.37. The SMILES string of the molecule is CC(C)Cn1cnc2sc3c(c2c1=O)CCC(NC1CCCC1)C3. The van der Waals surface area contributed by atoms with Gasteiger partial charge in [-0.25, -0.2) is 4.98 Å². The Morgan fingerprint density at radius 2 is 2.08 bits per heavy atom. The van der Waals surface area contributed by atoms with E-state index in [1.165, 1.54) is 36.1 Å². The lowest BCUT2D eigenvalue weighted by Gasteiger charge is -2.26. The zero-order valence-electron chi connectivity index (χ0n) is 14.7. The summed E-state index contributed by atoms with van der Waals surface area (Å²) in [6.45, 7) is 5.02. The zero-order chi connectivity index (χ0) is 16.7. The number of hydrogen-bond donors (Lipinski definition) is 1. The summed E-state index contributed by atoms with van der Waals surface area (Å²) in [5.74, 6) is 0.455. The number of hydrogen-bond acceptors (Lipinski definition) is 4. The van der Waals surface area contributed by atoms with Crippen LogP contribution in [-0.4, -0.2) is 21.6 Å². The molecule has 4 nitrogen and oxygen atoms in total. The Hall–Kier alpha value is -1.20. The average Bonchev–Trinajstić information content (AvgIpc) is 3.16. The highest BCUT2D eigenvalue weighted by molar-refractivity contribution is 7.18. The third kappa shape index (κ3) is 3.04. The molecule has 0 spiro atoms. The van der Waals surface area contributed by atoms with Crippen LogP contribution in [-0.2, 0) is 19.4 Å². The van der Waals surface area contributed by atoms with Gasteiger partial charge in [-0.3, -0.25) is 9.36 Å². The largest absolute Gasteiger partial charge is 0.311 e. The van der Waals surface area contributed by atoms with Gasteiger partial charge in [-0.1, -0.05) is 26.7 Å². The summed E-state index contributed by atoms with van der Waals surface area (Å²) in [6, 6.07) is 1.29. The minimum atomic E-state index is 0.161. The first kappa shape index (κ1) is 16.3. The highest BCUT2D eigenvalue weighted by Gasteiger charge is 2.27. The molecule has 1 unspecified atom stereocenters. The van der Waals surface area contributed by atoms with E-state index in [1.807, 2.05) is 0 Å². The highest BCUT2D eigenvalue weighted by atomic mass is 32.1. The molecule has 1 N–H and O–H groups in total. The molecule has 24 heavy (non-hydrogen) atoms. The number of fused-ring (bicyclic) bond motifs is 3. The molecule has 0 radical (unpaired) electrons. The molecule has 1 saturated carbocycles. The topological polar surface area (TPSA) is 46.9 Å². The maximum Gasteiger partial charge on any atom is 0.262 e. The van der Waals surface area contributed by atoms with Crippen molar-refractivity contribution in [1.29, 1.82) is 0 Å². The van der Waals surface area contributed by atoms with Gasteiger partial charge in [0.1, 0.15) is 4.83 Å². The lowest BCUT2D eigenvalue weighted by atomic mass is 9.92. The van der Waals surface area contributed by atoms with Gasteiger partial charge in [0, 0.05) is 23.5 Å². The Morgan fingerprint density at radius 1 is 1.29 bits per heavy atom. The van der Waals surface area contributed by atoms with Gasteiger partial charge in [-0.15, -0.1) is 11.3 Å². The Kier molecular flexibility index (Phi) is 4.48. The second-order valence-corrected chi connectivity index (χ2v) is 8.95. The van der Waals surface area contributed by atoms with Crippen molar-refractivity contribution in [2.45, 2.75) is 77.4 Å². The molecule has 5 heteroatoms. The van der Waals surface area contributed by atoms with Crippen LogP contribution in [0.1, 0.15) is 56.4 Å². The van der Waals surface area contributed by atoms with Crippen molar-refractivity contribution in [2.75, 3.05) is 0 Å². The van der Waals surface area contributed by atoms with Crippen molar-refractivity contribution in [3.8, 4) is 0 Å². The predicted molar refractivity (Wildman–Crippen MR) is 99.9 cm³/mol. The van der Waals surface area contributed by atoms with Gasteiger partial charge in [0.15, 0.2) is 0 Å². The summed E-state index contributed by atoms with van der Waals surface area (Å²) in [7, 11) is 0. The molecule has 0 aromatic carbocycles.